The van der Waals surface area contributed by atoms with Gasteiger partial charge in [0.25, 0.3) is 0 Å². The highest BCUT2D eigenvalue weighted by Crippen LogP contribution is 2.36. The van der Waals surface area contributed by atoms with Crippen molar-refractivity contribution in [3.63, 3.8) is 0 Å². The molecule has 184 valence electrons. The van der Waals surface area contributed by atoms with Gasteiger partial charge in [0.1, 0.15) is 0 Å². The first kappa shape index (κ1) is 26.2. The third-order valence-corrected chi connectivity index (χ3v) is 7.57. The molecule has 2 nitrogen and oxygen atoms in total. The summed E-state index contributed by atoms with van der Waals surface area (Å²) in [7, 11) is 0. The maximum Gasteiger partial charge on any atom is 0.186 e. The van der Waals surface area contributed by atoms with Crippen molar-refractivity contribution in [2.45, 2.75) is 51.2 Å². The van der Waals surface area contributed by atoms with Crippen molar-refractivity contribution in [3.05, 3.63) is 112 Å². The first-order valence-corrected chi connectivity index (χ1v) is 13.5. The molecule has 0 spiro atoms. The van der Waals surface area contributed by atoms with E-state index in [1.54, 1.807) is 6.92 Å². The van der Waals surface area contributed by atoms with Crippen molar-refractivity contribution in [2.75, 3.05) is 0 Å². The van der Waals surface area contributed by atoms with Gasteiger partial charge in [-0.2, -0.15) is 0 Å². The van der Waals surface area contributed by atoms with E-state index < -0.39 is 0 Å². The molecule has 0 N–H and O–H groups in total. The van der Waals surface area contributed by atoms with Crippen LogP contribution in [-0.4, -0.2) is 10.1 Å². The van der Waals surface area contributed by atoms with Gasteiger partial charge >= 0.3 is 0 Å². The molecule has 0 unspecified atom stereocenters. The molecule has 4 aromatic rings. The largest absolute Gasteiger partial charge is 0.288 e. The van der Waals surface area contributed by atoms with Crippen LogP contribution in [-0.2, 0) is 16.6 Å². The Hall–Kier alpha value is -2.88. The number of fused-ring (bicyclic) bond motifs is 1. The van der Waals surface area contributed by atoms with Gasteiger partial charge in [-0.1, -0.05) is 111 Å². The second-order valence-corrected chi connectivity index (χ2v) is 11.9. The predicted molar refractivity (Wildman–Crippen MR) is 157 cm³/mol. The van der Waals surface area contributed by atoms with E-state index in [1.807, 2.05) is 30.3 Å². The minimum Gasteiger partial charge on any atom is -0.288 e. The Morgan fingerprint density at radius 1 is 0.972 bits per heavy atom. The Labute approximate surface area is 223 Å². The Morgan fingerprint density at radius 2 is 1.75 bits per heavy atom. The number of pyridine rings is 1. The molecule has 0 amide bonds. The summed E-state index contributed by atoms with van der Waals surface area (Å²) in [5.41, 5.74) is 6.84. The van der Waals surface area contributed by atoms with Crippen molar-refractivity contribution in [1.29, 1.82) is 0 Å². The summed E-state index contributed by atoms with van der Waals surface area (Å²) in [4.78, 5) is 16.8. The van der Waals surface area contributed by atoms with E-state index in [-0.39, 0.29) is 15.8 Å². The van der Waals surface area contributed by atoms with Crippen molar-refractivity contribution in [3.8, 4) is 0 Å². The number of hydrogen-bond acceptors (Lipinski definition) is 3. The molecule has 4 rings (SSSR count). The topological polar surface area (TPSA) is 30.0 Å². The molecule has 0 fully saturated rings. The highest BCUT2D eigenvalue weighted by atomic mass is 35.5. The molecule has 0 saturated carbocycles. The number of carbonyl (C=O) groups excluding carboxylic acids is 1. The highest BCUT2D eigenvalue weighted by Gasteiger charge is 2.20. The van der Waals surface area contributed by atoms with Gasteiger partial charge in [-0.25, -0.2) is 4.98 Å². The average molecular weight is 514 g/mol. The van der Waals surface area contributed by atoms with Crippen LogP contribution >= 0.6 is 23.4 Å². The fraction of sp³-hybridized carbons (Fsp3) is 0.250. The van der Waals surface area contributed by atoms with Gasteiger partial charge in [0, 0.05) is 22.6 Å². The molecule has 0 saturated heterocycles. The summed E-state index contributed by atoms with van der Waals surface area (Å²) in [5.74, 6) is 0. The van der Waals surface area contributed by atoms with Crippen molar-refractivity contribution >= 4 is 51.5 Å². The van der Waals surface area contributed by atoms with Crippen LogP contribution in [0.4, 0.5) is 0 Å². The maximum absolute atomic E-state index is 12.1. The average Bonchev–Trinajstić information content (AvgIpc) is 2.84. The Morgan fingerprint density at radius 3 is 2.53 bits per heavy atom. The SMILES string of the molecule is CC(=O)S[C@H](CCc1ccccc1C(C)(C)C)c1cccc(/C=C/c2ccc3ccc(Cl)cc3n2)c1. The van der Waals surface area contributed by atoms with Gasteiger partial charge in [-0.05, 0) is 64.8 Å². The zero-order valence-electron chi connectivity index (χ0n) is 21.3. The van der Waals surface area contributed by atoms with Crippen LogP contribution in [0.5, 0.6) is 0 Å². The zero-order valence-corrected chi connectivity index (χ0v) is 22.9. The van der Waals surface area contributed by atoms with Crippen LogP contribution < -0.4 is 0 Å². The molecular weight excluding hydrogens is 482 g/mol. The first-order valence-electron chi connectivity index (χ1n) is 12.3. The fourth-order valence-corrected chi connectivity index (χ4v) is 5.58. The fourth-order valence-electron chi connectivity index (χ4n) is 4.49. The van der Waals surface area contributed by atoms with Crippen LogP contribution in [0.2, 0.25) is 5.02 Å². The van der Waals surface area contributed by atoms with Gasteiger partial charge in [0.15, 0.2) is 5.12 Å². The van der Waals surface area contributed by atoms with Crippen LogP contribution in [0.25, 0.3) is 23.1 Å². The number of benzene rings is 3. The van der Waals surface area contributed by atoms with Gasteiger partial charge in [0.05, 0.1) is 11.2 Å². The molecule has 3 aromatic carbocycles. The van der Waals surface area contributed by atoms with Crippen LogP contribution in [0.3, 0.4) is 0 Å². The molecule has 0 aliphatic rings. The van der Waals surface area contributed by atoms with E-state index in [0.29, 0.717) is 5.02 Å². The quantitative estimate of drug-likeness (QED) is 0.246. The minimum absolute atomic E-state index is 0.0899. The van der Waals surface area contributed by atoms with Crippen molar-refractivity contribution < 1.29 is 4.79 Å². The molecular formula is C32H32ClNOS. The van der Waals surface area contributed by atoms with E-state index in [0.717, 1.165) is 35.0 Å². The second-order valence-electron chi connectivity index (χ2n) is 10.1. The van der Waals surface area contributed by atoms with Crippen LogP contribution in [0, 0.1) is 0 Å². The highest BCUT2D eigenvalue weighted by molar-refractivity contribution is 8.13. The molecule has 4 heteroatoms. The number of aromatic nitrogens is 1. The standard InChI is InChI=1S/C32H32ClNOS/c1-22(35)36-31(19-15-24-9-5-6-11-29(24)32(2,3)4)26-10-7-8-23(20-26)12-17-28-18-14-25-13-16-27(33)21-30(25)34-28/h5-14,16-18,20-21,31H,15,19H2,1-4H3/b17-12+/t31-/m1/s1. The monoisotopic (exact) mass is 513 g/mol. The summed E-state index contributed by atoms with van der Waals surface area (Å²) in [6.45, 7) is 8.41. The lowest BCUT2D eigenvalue weighted by molar-refractivity contribution is -0.109. The summed E-state index contributed by atoms with van der Waals surface area (Å²) < 4.78 is 0. The third kappa shape index (κ3) is 6.87. The van der Waals surface area contributed by atoms with E-state index in [2.05, 4.69) is 81.4 Å². The van der Waals surface area contributed by atoms with E-state index in [4.69, 9.17) is 16.6 Å². The second kappa shape index (κ2) is 11.5. The lowest BCUT2D eigenvalue weighted by Crippen LogP contribution is -2.14. The normalized spacial score (nSPS) is 12.8. The molecule has 1 aromatic heterocycles. The van der Waals surface area contributed by atoms with Gasteiger partial charge in [0.2, 0.25) is 0 Å². The smallest absolute Gasteiger partial charge is 0.186 e. The molecule has 1 heterocycles. The lowest BCUT2D eigenvalue weighted by Gasteiger charge is -2.24. The molecule has 0 aliphatic carbocycles. The Bertz CT molecular complexity index is 1400. The molecule has 0 aliphatic heterocycles. The third-order valence-electron chi connectivity index (χ3n) is 6.21. The van der Waals surface area contributed by atoms with E-state index >= 15 is 0 Å². The van der Waals surface area contributed by atoms with Gasteiger partial charge < -0.3 is 0 Å². The summed E-state index contributed by atoms with van der Waals surface area (Å²) in [6.07, 6.45) is 5.93. The van der Waals surface area contributed by atoms with Gasteiger partial charge in [-0.15, -0.1) is 0 Å². The van der Waals surface area contributed by atoms with Crippen LogP contribution in [0.1, 0.15) is 67.3 Å². The Balaban J connectivity index is 1.55. The van der Waals surface area contributed by atoms with Gasteiger partial charge in [-0.3, -0.25) is 4.79 Å². The number of hydrogen-bond donors (Lipinski definition) is 0. The van der Waals surface area contributed by atoms with E-state index in [1.165, 1.54) is 28.5 Å². The minimum atomic E-state index is 0.0899. The molecule has 0 bridgehead atoms. The van der Waals surface area contributed by atoms with Crippen molar-refractivity contribution in [2.24, 2.45) is 0 Å². The summed E-state index contributed by atoms with van der Waals surface area (Å²) >= 11 is 7.56. The van der Waals surface area contributed by atoms with Crippen molar-refractivity contribution in [1.82, 2.24) is 4.98 Å². The zero-order chi connectivity index (χ0) is 25.7. The number of thioether (sulfide) groups is 1. The molecule has 1 atom stereocenters. The molecule has 36 heavy (non-hydrogen) atoms. The lowest BCUT2D eigenvalue weighted by atomic mass is 9.82. The number of halogens is 1. The maximum atomic E-state index is 12.1. The van der Waals surface area contributed by atoms with E-state index in [9.17, 15) is 4.79 Å². The number of aryl methyl sites for hydroxylation is 1. The number of rotatable bonds is 7. The predicted octanol–water partition coefficient (Wildman–Crippen LogP) is 9.31. The summed E-state index contributed by atoms with van der Waals surface area (Å²) in [6, 6.07) is 27.0. The number of nitrogens with zero attached hydrogens (tertiary/aromatic N) is 1. The Kier molecular flexibility index (Phi) is 8.33. The number of carbonyl (C=O) groups is 1. The summed E-state index contributed by atoms with van der Waals surface area (Å²) in [5, 5.41) is 1.99. The van der Waals surface area contributed by atoms with Crippen LogP contribution in [0.15, 0.2) is 78.9 Å². The first-order chi connectivity index (χ1) is 17.2. The molecule has 0 radical (unpaired) electrons.